The molecule has 1 fully saturated rings. The third kappa shape index (κ3) is 3.05. The zero-order valence-electron chi connectivity index (χ0n) is 13.6. The number of alkyl halides is 3. The topological polar surface area (TPSA) is 72.2 Å². The molecule has 3 aromatic rings. The number of fused-ring (bicyclic) bond motifs is 1. The lowest BCUT2D eigenvalue weighted by Gasteiger charge is -2.20. The Morgan fingerprint density at radius 1 is 1.42 bits per heavy atom. The molecule has 0 spiro atoms. The number of aryl methyl sites for hydroxylation is 1. The van der Waals surface area contributed by atoms with Crippen LogP contribution in [0.1, 0.15) is 29.0 Å². The van der Waals surface area contributed by atoms with Crippen LogP contribution in [0.2, 0.25) is 0 Å². The Kier molecular flexibility index (Phi) is 3.94. The van der Waals surface area contributed by atoms with Crippen molar-refractivity contribution in [3.8, 4) is 11.3 Å². The molecule has 1 N–H and O–H groups in total. The minimum atomic E-state index is -4.48. The molecule has 4 rings (SSSR count). The predicted octanol–water partition coefficient (Wildman–Crippen LogP) is 3.23. The van der Waals surface area contributed by atoms with Crippen LogP contribution in [-0.2, 0) is 0 Å². The highest BCUT2D eigenvalue weighted by Gasteiger charge is 2.50. The second-order valence-electron chi connectivity index (χ2n) is 6.31. The van der Waals surface area contributed by atoms with Crippen LogP contribution in [0.5, 0.6) is 0 Å². The Morgan fingerprint density at radius 2 is 2.19 bits per heavy atom. The molecule has 10 heteroatoms. The van der Waals surface area contributed by atoms with E-state index in [1.807, 2.05) is 13.0 Å². The number of carbonyl (C=O) groups excluding carboxylic acids is 1. The molecule has 1 aliphatic rings. The summed E-state index contributed by atoms with van der Waals surface area (Å²) in [6, 6.07) is -0.0416. The number of nitrogens with zero attached hydrogens (tertiary/aromatic N) is 4. The van der Waals surface area contributed by atoms with Gasteiger partial charge in [0.2, 0.25) is 0 Å². The van der Waals surface area contributed by atoms with Gasteiger partial charge >= 0.3 is 6.18 Å². The Labute approximate surface area is 150 Å². The van der Waals surface area contributed by atoms with Crippen molar-refractivity contribution in [3.63, 3.8) is 0 Å². The molecular weight excluding hydrogens is 367 g/mol. The first-order chi connectivity index (χ1) is 12.3. The van der Waals surface area contributed by atoms with E-state index >= 15 is 0 Å². The quantitative estimate of drug-likeness (QED) is 0.753. The Hall–Kier alpha value is -2.49. The maximum Gasteiger partial charge on any atom is 0.408 e. The minimum absolute atomic E-state index is 0.118. The van der Waals surface area contributed by atoms with Gasteiger partial charge in [0, 0.05) is 16.6 Å². The number of rotatable bonds is 4. The van der Waals surface area contributed by atoms with Gasteiger partial charge in [-0.25, -0.2) is 14.3 Å². The van der Waals surface area contributed by atoms with Crippen LogP contribution < -0.4 is 5.32 Å². The van der Waals surface area contributed by atoms with Crippen molar-refractivity contribution in [1.82, 2.24) is 24.1 Å². The standard InChI is InChI=1S/C16H14F3N5OS/c1-8-4-11(10-5-21-26-6-10)22-14-12(20-7-24(8)14)15(25)23-13(9-2-3-9)16(17,18)19/h4-7,9,13H,2-3H2,1H3,(H,23,25)/t13-/m0/s1. The van der Waals surface area contributed by atoms with Gasteiger partial charge in [-0.05, 0) is 43.3 Å². The van der Waals surface area contributed by atoms with E-state index in [1.54, 1.807) is 16.0 Å². The van der Waals surface area contributed by atoms with Crippen LogP contribution in [0.25, 0.3) is 16.9 Å². The molecule has 3 aromatic heterocycles. The van der Waals surface area contributed by atoms with E-state index in [0.29, 0.717) is 18.5 Å². The summed E-state index contributed by atoms with van der Waals surface area (Å²) in [5.41, 5.74) is 2.23. The second-order valence-corrected chi connectivity index (χ2v) is 6.97. The van der Waals surface area contributed by atoms with Crippen molar-refractivity contribution in [2.24, 2.45) is 5.92 Å². The molecule has 3 heterocycles. The van der Waals surface area contributed by atoms with Crippen LogP contribution in [0, 0.1) is 12.8 Å². The van der Waals surface area contributed by atoms with E-state index in [4.69, 9.17) is 0 Å². The van der Waals surface area contributed by atoms with Crippen molar-refractivity contribution in [3.05, 3.63) is 35.4 Å². The second kappa shape index (κ2) is 6.04. The van der Waals surface area contributed by atoms with Crippen LogP contribution in [0.4, 0.5) is 13.2 Å². The van der Waals surface area contributed by atoms with E-state index in [1.165, 1.54) is 17.9 Å². The zero-order chi connectivity index (χ0) is 18.5. The first-order valence-corrected chi connectivity index (χ1v) is 8.80. The lowest BCUT2D eigenvalue weighted by molar-refractivity contribution is -0.158. The summed E-state index contributed by atoms with van der Waals surface area (Å²) in [6.07, 6.45) is -0.529. The average molecular weight is 381 g/mol. The van der Waals surface area contributed by atoms with Gasteiger partial charge in [-0.1, -0.05) is 0 Å². The number of carbonyl (C=O) groups is 1. The molecule has 136 valence electrons. The van der Waals surface area contributed by atoms with Crippen molar-refractivity contribution < 1.29 is 18.0 Å². The highest BCUT2D eigenvalue weighted by atomic mass is 32.1. The molecular formula is C16H14F3N5OS. The van der Waals surface area contributed by atoms with E-state index in [2.05, 4.69) is 19.7 Å². The molecule has 1 saturated carbocycles. The van der Waals surface area contributed by atoms with Crippen molar-refractivity contribution in [2.75, 3.05) is 0 Å². The highest BCUT2D eigenvalue weighted by Crippen LogP contribution is 2.40. The van der Waals surface area contributed by atoms with Crippen molar-refractivity contribution in [2.45, 2.75) is 32.0 Å². The largest absolute Gasteiger partial charge is 0.408 e. The summed E-state index contributed by atoms with van der Waals surface area (Å²) in [4.78, 5) is 20.9. The van der Waals surface area contributed by atoms with Gasteiger partial charge in [0.1, 0.15) is 12.4 Å². The molecule has 0 radical (unpaired) electrons. The summed E-state index contributed by atoms with van der Waals surface area (Å²) < 4.78 is 45.1. The monoisotopic (exact) mass is 381 g/mol. The molecule has 26 heavy (non-hydrogen) atoms. The molecule has 0 bridgehead atoms. The predicted molar refractivity (Wildman–Crippen MR) is 88.9 cm³/mol. The summed E-state index contributed by atoms with van der Waals surface area (Å²) in [7, 11) is 0. The fraction of sp³-hybridized carbons (Fsp3) is 0.375. The minimum Gasteiger partial charge on any atom is -0.339 e. The smallest absolute Gasteiger partial charge is 0.339 e. The van der Waals surface area contributed by atoms with E-state index < -0.39 is 24.0 Å². The van der Waals surface area contributed by atoms with Gasteiger partial charge in [-0.2, -0.15) is 13.2 Å². The molecule has 0 saturated heterocycles. The normalized spacial score (nSPS) is 16.0. The van der Waals surface area contributed by atoms with Crippen LogP contribution in [-0.4, -0.2) is 36.9 Å². The molecule has 0 unspecified atom stereocenters. The van der Waals surface area contributed by atoms with Crippen LogP contribution >= 0.6 is 11.5 Å². The highest BCUT2D eigenvalue weighted by molar-refractivity contribution is 7.03. The van der Waals surface area contributed by atoms with Crippen molar-refractivity contribution >= 4 is 23.1 Å². The SMILES string of the molecule is Cc1cc(-c2cnsc2)nc2c(C(=O)N[C@@H](C3CC3)C(F)(F)F)ncn12. The molecule has 6 nitrogen and oxygen atoms in total. The molecule has 0 aromatic carbocycles. The number of nitrogens with one attached hydrogen (secondary N) is 1. The van der Waals surface area contributed by atoms with E-state index in [0.717, 1.165) is 11.3 Å². The fourth-order valence-corrected chi connectivity index (χ4v) is 3.40. The van der Waals surface area contributed by atoms with E-state index in [9.17, 15) is 18.0 Å². The summed E-state index contributed by atoms with van der Waals surface area (Å²) in [6.45, 7) is 1.81. The van der Waals surface area contributed by atoms with Gasteiger partial charge in [0.25, 0.3) is 5.91 Å². The first kappa shape index (κ1) is 17.0. The lowest BCUT2D eigenvalue weighted by atomic mass is 10.1. The maximum absolute atomic E-state index is 13.2. The molecule has 1 amide bonds. The maximum atomic E-state index is 13.2. The number of hydrogen-bond donors (Lipinski definition) is 1. The molecule has 1 atom stereocenters. The summed E-state index contributed by atoms with van der Waals surface area (Å²) >= 11 is 1.26. The van der Waals surface area contributed by atoms with Crippen molar-refractivity contribution in [1.29, 1.82) is 0 Å². The fourth-order valence-electron chi connectivity index (χ4n) is 2.87. The number of amides is 1. The van der Waals surface area contributed by atoms with E-state index in [-0.39, 0.29) is 11.3 Å². The number of imidazole rings is 1. The first-order valence-electron chi connectivity index (χ1n) is 7.96. The molecule has 1 aliphatic carbocycles. The van der Waals surface area contributed by atoms with Gasteiger partial charge in [0.05, 0.1) is 11.9 Å². The number of hydrogen-bond acceptors (Lipinski definition) is 5. The van der Waals surface area contributed by atoms with Crippen LogP contribution in [0.15, 0.2) is 24.0 Å². The Morgan fingerprint density at radius 3 is 2.81 bits per heavy atom. The van der Waals surface area contributed by atoms with Gasteiger partial charge in [-0.15, -0.1) is 0 Å². The zero-order valence-corrected chi connectivity index (χ0v) is 14.4. The summed E-state index contributed by atoms with van der Waals surface area (Å²) in [5, 5.41) is 3.90. The third-order valence-corrected chi connectivity index (χ3v) is 4.96. The number of halogens is 3. The Balaban J connectivity index is 1.71. The third-order valence-electron chi connectivity index (χ3n) is 4.37. The Bertz CT molecular complexity index is 962. The van der Waals surface area contributed by atoms with Gasteiger partial charge in [-0.3, -0.25) is 9.20 Å². The molecule has 0 aliphatic heterocycles. The number of aromatic nitrogens is 4. The van der Waals surface area contributed by atoms with Gasteiger partial charge in [0.15, 0.2) is 11.3 Å². The average Bonchev–Trinajstić information content (AvgIpc) is 3.09. The summed E-state index contributed by atoms with van der Waals surface area (Å²) in [5.74, 6) is -1.43. The van der Waals surface area contributed by atoms with Crippen LogP contribution in [0.3, 0.4) is 0 Å². The van der Waals surface area contributed by atoms with Gasteiger partial charge < -0.3 is 5.32 Å². The lowest BCUT2D eigenvalue weighted by Crippen LogP contribution is -2.47.